The largest absolute Gasteiger partial charge is 0.326 e. The minimum Gasteiger partial charge on any atom is -0.326 e. The standard InChI is InChI=1S/C11H8BrCl2NS/c12-8-3-2-7(10(13)11(8)14)9-4-1-6(5-15)16-9/h1-4H,5,15H2. The van der Waals surface area contributed by atoms with Crippen LogP contribution in [0, 0.1) is 0 Å². The van der Waals surface area contributed by atoms with Gasteiger partial charge in [-0.1, -0.05) is 29.3 Å². The van der Waals surface area contributed by atoms with E-state index in [0.29, 0.717) is 16.6 Å². The number of thiophene rings is 1. The fourth-order valence-corrected chi connectivity index (χ4v) is 3.20. The highest BCUT2D eigenvalue weighted by Gasteiger charge is 2.11. The van der Waals surface area contributed by atoms with Crippen LogP contribution in [0.5, 0.6) is 0 Å². The molecule has 0 spiro atoms. The van der Waals surface area contributed by atoms with E-state index in [0.717, 1.165) is 19.8 Å². The minimum atomic E-state index is 0.543. The Morgan fingerprint density at radius 3 is 2.50 bits per heavy atom. The van der Waals surface area contributed by atoms with Crippen molar-refractivity contribution >= 4 is 50.5 Å². The van der Waals surface area contributed by atoms with E-state index >= 15 is 0 Å². The van der Waals surface area contributed by atoms with Gasteiger partial charge in [-0.3, -0.25) is 0 Å². The maximum atomic E-state index is 6.20. The Morgan fingerprint density at radius 1 is 1.12 bits per heavy atom. The van der Waals surface area contributed by atoms with Crippen molar-refractivity contribution in [1.29, 1.82) is 0 Å². The molecule has 0 atom stereocenters. The lowest BCUT2D eigenvalue weighted by molar-refractivity contribution is 1.11. The highest BCUT2D eigenvalue weighted by Crippen LogP contribution is 2.40. The molecular weight excluding hydrogens is 329 g/mol. The summed E-state index contributed by atoms with van der Waals surface area (Å²) in [5.41, 5.74) is 6.52. The molecule has 0 amide bonds. The molecule has 16 heavy (non-hydrogen) atoms. The molecule has 0 saturated heterocycles. The van der Waals surface area contributed by atoms with Crippen molar-refractivity contribution in [3.63, 3.8) is 0 Å². The van der Waals surface area contributed by atoms with E-state index in [1.807, 2.05) is 24.3 Å². The van der Waals surface area contributed by atoms with Crippen LogP contribution >= 0.6 is 50.5 Å². The van der Waals surface area contributed by atoms with Gasteiger partial charge < -0.3 is 5.73 Å². The van der Waals surface area contributed by atoms with Crippen molar-refractivity contribution in [3.05, 3.63) is 43.7 Å². The quantitative estimate of drug-likeness (QED) is 0.772. The molecule has 0 saturated carbocycles. The summed E-state index contributed by atoms with van der Waals surface area (Å²) in [5.74, 6) is 0. The molecule has 0 bridgehead atoms. The summed E-state index contributed by atoms with van der Waals surface area (Å²) in [7, 11) is 0. The summed E-state index contributed by atoms with van der Waals surface area (Å²) in [5, 5.41) is 1.11. The first-order valence-electron chi connectivity index (χ1n) is 4.56. The molecule has 2 N–H and O–H groups in total. The topological polar surface area (TPSA) is 26.0 Å². The molecule has 0 aliphatic carbocycles. The van der Waals surface area contributed by atoms with Crippen LogP contribution in [0.4, 0.5) is 0 Å². The fraction of sp³-hybridized carbons (Fsp3) is 0.0909. The number of halogens is 3. The lowest BCUT2D eigenvalue weighted by Crippen LogP contribution is -1.91. The molecule has 84 valence electrons. The summed E-state index contributed by atoms with van der Waals surface area (Å²) in [4.78, 5) is 2.21. The molecule has 1 heterocycles. The fourth-order valence-electron chi connectivity index (χ4n) is 1.35. The first kappa shape index (κ1) is 12.4. The van der Waals surface area contributed by atoms with Crippen LogP contribution in [-0.4, -0.2) is 0 Å². The third kappa shape index (κ3) is 2.29. The maximum absolute atomic E-state index is 6.20. The van der Waals surface area contributed by atoms with Crippen LogP contribution in [0.25, 0.3) is 10.4 Å². The summed E-state index contributed by atoms with van der Waals surface area (Å²) < 4.78 is 0.804. The van der Waals surface area contributed by atoms with E-state index in [-0.39, 0.29) is 0 Å². The Labute approximate surface area is 116 Å². The van der Waals surface area contributed by atoms with Gasteiger partial charge in [0.25, 0.3) is 0 Å². The van der Waals surface area contributed by atoms with E-state index in [1.54, 1.807) is 11.3 Å². The van der Waals surface area contributed by atoms with Gasteiger partial charge in [0.05, 0.1) is 10.0 Å². The van der Waals surface area contributed by atoms with Crippen molar-refractivity contribution in [1.82, 2.24) is 0 Å². The summed E-state index contributed by atoms with van der Waals surface area (Å²) in [6.07, 6.45) is 0. The van der Waals surface area contributed by atoms with Crippen LogP contribution in [-0.2, 0) is 6.54 Å². The lowest BCUT2D eigenvalue weighted by atomic mass is 10.2. The second-order valence-electron chi connectivity index (χ2n) is 3.19. The third-order valence-corrected chi connectivity index (χ3v) is 5.08. The second-order valence-corrected chi connectivity index (χ2v) is 5.97. The molecule has 0 fully saturated rings. The Bertz CT molecular complexity index is 525. The van der Waals surface area contributed by atoms with Crippen molar-refractivity contribution in [3.8, 4) is 10.4 Å². The number of nitrogens with two attached hydrogens (primary N) is 1. The summed E-state index contributed by atoms with van der Waals surface area (Å²) in [6, 6.07) is 7.86. The van der Waals surface area contributed by atoms with Crippen molar-refractivity contribution in [2.45, 2.75) is 6.54 Å². The van der Waals surface area contributed by atoms with E-state index < -0.39 is 0 Å². The van der Waals surface area contributed by atoms with Crippen molar-refractivity contribution in [2.24, 2.45) is 5.73 Å². The van der Waals surface area contributed by atoms with Crippen LogP contribution in [0.3, 0.4) is 0 Å². The zero-order valence-corrected chi connectivity index (χ0v) is 12.1. The average Bonchev–Trinajstić information content (AvgIpc) is 2.74. The van der Waals surface area contributed by atoms with Crippen molar-refractivity contribution < 1.29 is 0 Å². The van der Waals surface area contributed by atoms with Gasteiger partial charge in [0.1, 0.15) is 0 Å². The highest BCUT2D eigenvalue weighted by molar-refractivity contribution is 9.10. The minimum absolute atomic E-state index is 0.543. The Hall–Kier alpha value is -0.0600. The van der Waals surface area contributed by atoms with E-state index in [4.69, 9.17) is 28.9 Å². The third-order valence-electron chi connectivity index (χ3n) is 2.16. The first-order chi connectivity index (χ1) is 7.63. The van der Waals surface area contributed by atoms with E-state index in [2.05, 4.69) is 15.9 Å². The molecule has 2 rings (SSSR count). The number of benzene rings is 1. The molecule has 0 aliphatic rings. The van der Waals surface area contributed by atoms with Crippen LogP contribution in [0.1, 0.15) is 4.88 Å². The second kappa shape index (κ2) is 5.07. The molecule has 5 heteroatoms. The molecule has 0 radical (unpaired) electrons. The molecule has 1 aromatic heterocycles. The van der Waals surface area contributed by atoms with Crippen LogP contribution in [0.15, 0.2) is 28.7 Å². The van der Waals surface area contributed by atoms with Gasteiger partial charge in [-0.2, -0.15) is 0 Å². The van der Waals surface area contributed by atoms with Gasteiger partial charge in [-0.15, -0.1) is 11.3 Å². The molecule has 0 unspecified atom stereocenters. The predicted octanol–water partition coefficient (Wildman–Crippen LogP) is 4.94. The molecular formula is C11H8BrCl2NS. The van der Waals surface area contributed by atoms with E-state index in [9.17, 15) is 0 Å². The first-order valence-corrected chi connectivity index (χ1v) is 6.92. The maximum Gasteiger partial charge on any atom is 0.0740 e. The lowest BCUT2D eigenvalue weighted by Gasteiger charge is -2.05. The summed E-state index contributed by atoms with van der Waals surface area (Å²) >= 11 is 17.2. The van der Waals surface area contributed by atoms with Gasteiger partial charge in [0, 0.05) is 26.3 Å². The molecule has 2 aromatic rings. The van der Waals surface area contributed by atoms with Crippen molar-refractivity contribution in [2.75, 3.05) is 0 Å². The van der Waals surface area contributed by atoms with Gasteiger partial charge in [0.15, 0.2) is 0 Å². The zero-order chi connectivity index (χ0) is 11.7. The normalized spacial score (nSPS) is 10.8. The van der Waals surface area contributed by atoms with Gasteiger partial charge in [-0.25, -0.2) is 0 Å². The van der Waals surface area contributed by atoms with Gasteiger partial charge >= 0.3 is 0 Å². The summed E-state index contributed by atoms with van der Waals surface area (Å²) in [6.45, 7) is 0.548. The predicted molar refractivity (Wildman–Crippen MR) is 75.4 cm³/mol. The van der Waals surface area contributed by atoms with Gasteiger partial charge in [0.2, 0.25) is 0 Å². The zero-order valence-electron chi connectivity index (χ0n) is 8.14. The van der Waals surface area contributed by atoms with Crippen LogP contribution in [0.2, 0.25) is 10.0 Å². The SMILES string of the molecule is NCc1ccc(-c2ccc(Br)c(Cl)c2Cl)s1. The Kier molecular flexibility index (Phi) is 3.93. The molecule has 1 nitrogen and oxygen atoms in total. The van der Waals surface area contributed by atoms with Crippen LogP contribution < -0.4 is 5.73 Å². The molecule has 0 aliphatic heterocycles. The average molecular weight is 337 g/mol. The highest BCUT2D eigenvalue weighted by atomic mass is 79.9. The molecule has 1 aromatic carbocycles. The smallest absolute Gasteiger partial charge is 0.0740 e. The van der Waals surface area contributed by atoms with E-state index in [1.165, 1.54) is 0 Å². The Balaban J connectivity index is 2.52. The monoisotopic (exact) mass is 335 g/mol. The Morgan fingerprint density at radius 2 is 1.88 bits per heavy atom. The van der Waals surface area contributed by atoms with Gasteiger partial charge in [-0.05, 0) is 34.1 Å². The number of hydrogen-bond acceptors (Lipinski definition) is 2. The number of hydrogen-bond donors (Lipinski definition) is 1. The number of rotatable bonds is 2.